The van der Waals surface area contributed by atoms with Crippen LogP contribution in [0.4, 0.5) is 0 Å². The molecule has 0 aromatic heterocycles. The fourth-order valence-electron chi connectivity index (χ4n) is 2.28. The van der Waals surface area contributed by atoms with E-state index in [0.717, 1.165) is 5.56 Å². The van der Waals surface area contributed by atoms with Crippen molar-refractivity contribution >= 4 is 29.1 Å². The third-order valence-corrected chi connectivity index (χ3v) is 4.24. The van der Waals surface area contributed by atoms with E-state index in [1.807, 2.05) is 12.1 Å². The zero-order chi connectivity index (χ0) is 17.0. The largest absolute Gasteiger partial charge is 0.493 e. The SMILES string of the molecule is COc1cccc(CN(C)C(=O)c2cccc(Cl)c2Cl)c1OC. The molecule has 1 amide bonds. The average molecular weight is 354 g/mol. The Bertz CT molecular complexity index is 719. The molecular weight excluding hydrogens is 337 g/mol. The van der Waals surface area contributed by atoms with Crippen LogP contribution < -0.4 is 9.47 Å². The molecule has 0 aliphatic rings. The second kappa shape index (κ2) is 7.57. The Balaban J connectivity index is 2.27. The van der Waals surface area contributed by atoms with Gasteiger partial charge in [-0.1, -0.05) is 41.4 Å². The number of hydrogen-bond acceptors (Lipinski definition) is 3. The summed E-state index contributed by atoms with van der Waals surface area (Å²) in [5.74, 6) is 1.00. The second-order valence-corrected chi connectivity index (χ2v) is 5.70. The van der Waals surface area contributed by atoms with Gasteiger partial charge in [-0.05, 0) is 18.2 Å². The number of ether oxygens (including phenoxy) is 2. The van der Waals surface area contributed by atoms with Crippen LogP contribution in [0.5, 0.6) is 11.5 Å². The summed E-state index contributed by atoms with van der Waals surface area (Å²) in [4.78, 5) is 14.1. The molecule has 0 saturated carbocycles. The third-order valence-electron chi connectivity index (χ3n) is 3.42. The molecule has 0 spiro atoms. The Labute approximate surface area is 145 Å². The Morgan fingerprint density at radius 3 is 2.43 bits per heavy atom. The summed E-state index contributed by atoms with van der Waals surface area (Å²) in [5, 5.41) is 0.605. The second-order valence-electron chi connectivity index (χ2n) is 4.92. The number of nitrogens with zero attached hydrogens (tertiary/aromatic N) is 1. The van der Waals surface area contributed by atoms with Gasteiger partial charge in [0.2, 0.25) is 0 Å². The van der Waals surface area contributed by atoms with Gasteiger partial charge in [-0.25, -0.2) is 0 Å². The van der Waals surface area contributed by atoms with E-state index in [-0.39, 0.29) is 10.9 Å². The summed E-state index contributed by atoms with van der Waals surface area (Å²) in [7, 11) is 4.83. The van der Waals surface area contributed by atoms with Crippen LogP contribution in [-0.4, -0.2) is 32.1 Å². The van der Waals surface area contributed by atoms with Gasteiger partial charge in [0.15, 0.2) is 11.5 Å². The van der Waals surface area contributed by atoms with E-state index in [9.17, 15) is 4.79 Å². The molecule has 0 atom stereocenters. The average Bonchev–Trinajstić information content (AvgIpc) is 2.56. The van der Waals surface area contributed by atoms with Crippen LogP contribution in [0.3, 0.4) is 0 Å². The maximum atomic E-state index is 12.6. The molecule has 0 fully saturated rings. The number of carbonyl (C=O) groups is 1. The molecule has 23 heavy (non-hydrogen) atoms. The minimum Gasteiger partial charge on any atom is -0.493 e. The molecule has 0 saturated heterocycles. The van der Waals surface area contributed by atoms with Gasteiger partial charge in [-0.3, -0.25) is 4.79 Å². The monoisotopic (exact) mass is 353 g/mol. The Morgan fingerprint density at radius 1 is 1.09 bits per heavy atom. The third kappa shape index (κ3) is 3.71. The number of halogens is 2. The van der Waals surface area contributed by atoms with Crippen molar-refractivity contribution < 1.29 is 14.3 Å². The zero-order valence-electron chi connectivity index (χ0n) is 13.1. The minimum absolute atomic E-state index is 0.220. The summed E-state index contributed by atoms with van der Waals surface area (Å²) in [6.07, 6.45) is 0. The lowest BCUT2D eigenvalue weighted by Gasteiger charge is -2.20. The lowest BCUT2D eigenvalue weighted by molar-refractivity contribution is 0.0784. The van der Waals surface area contributed by atoms with Crippen molar-refractivity contribution in [3.63, 3.8) is 0 Å². The van der Waals surface area contributed by atoms with Crippen LogP contribution in [0.25, 0.3) is 0 Å². The zero-order valence-corrected chi connectivity index (χ0v) is 14.6. The number of benzene rings is 2. The highest BCUT2D eigenvalue weighted by Crippen LogP contribution is 2.32. The molecule has 0 bridgehead atoms. The molecule has 2 aromatic rings. The van der Waals surface area contributed by atoms with E-state index < -0.39 is 0 Å². The fraction of sp³-hybridized carbons (Fsp3) is 0.235. The molecule has 0 unspecified atom stereocenters. The summed E-state index contributed by atoms with van der Waals surface area (Å²) in [6.45, 7) is 0.349. The normalized spacial score (nSPS) is 10.3. The molecule has 0 aliphatic heterocycles. The lowest BCUT2D eigenvalue weighted by atomic mass is 10.1. The number of para-hydroxylation sites is 1. The van der Waals surface area contributed by atoms with Gasteiger partial charge in [0.05, 0.1) is 29.8 Å². The van der Waals surface area contributed by atoms with E-state index in [4.69, 9.17) is 32.7 Å². The first-order valence-electron chi connectivity index (χ1n) is 6.89. The predicted molar refractivity (Wildman–Crippen MR) is 91.8 cm³/mol. The highest BCUT2D eigenvalue weighted by atomic mass is 35.5. The van der Waals surface area contributed by atoms with E-state index in [1.54, 1.807) is 50.4 Å². The fourth-order valence-corrected chi connectivity index (χ4v) is 2.66. The van der Waals surface area contributed by atoms with Crippen LogP contribution in [0, 0.1) is 0 Å². The van der Waals surface area contributed by atoms with E-state index in [1.165, 1.54) is 0 Å². The van der Waals surface area contributed by atoms with Crippen LogP contribution in [0.2, 0.25) is 10.0 Å². The Hall–Kier alpha value is -1.91. The molecular formula is C17H17Cl2NO3. The minimum atomic E-state index is -0.220. The van der Waals surface area contributed by atoms with E-state index in [2.05, 4.69) is 0 Å². The van der Waals surface area contributed by atoms with Crippen LogP contribution in [0.15, 0.2) is 36.4 Å². The van der Waals surface area contributed by atoms with Gasteiger partial charge in [0, 0.05) is 19.2 Å². The van der Waals surface area contributed by atoms with Gasteiger partial charge in [-0.2, -0.15) is 0 Å². The maximum absolute atomic E-state index is 12.6. The molecule has 2 rings (SSSR count). The Kier molecular flexibility index (Phi) is 5.74. The number of amides is 1. The summed E-state index contributed by atoms with van der Waals surface area (Å²) < 4.78 is 10.7. The number of rotatable bonds is 5. The van der Waals surface area contributed by atoms with E-state index >= 15 is 0 Å². The maximum Gasteiger partial charge on any atom is 0.255 e. The quantitative estimate of drug-likeness (QED) is 0.804. The van der Waals surface area contributed by atoms with Crippen molar-refractivity contribution in [1.82, 2.24) is 4.90 Å². The molecule has 4 nitrogen and oxygen atoms in total. The molecule has 6 heteroatoms. The first kappa shape index (κ1) is 17.4. The van der Waals surface area contributed by atoms with Gasteiger partial charge in [0.1, 0.15) is 0 Å². The Morgan fingerprint density at radius 2 is 1.78 bits per heavy atom. The van der Waals surface area contributed by atoms with Gasteiger partial charge in [0.25, 0.3) is 5.91 Å². The van der Waals surface area contributed by atoms with Gasteiger partial charge >= 0.3 is 0 Å². The topological polar surface area (TPSA) is 38.8 Å². The molecule has 0 N–H and O–H groups in total. The van der Waals surface area contributed by atoms with Crippen LogP contribution in [-0.2, 0) is 6.54 Å². The molecule has 0 aliphatic carbocycles. The standard InChI is InChI=1S/C17H17Cl2NO3/c1-20(17(21)12-7-5-8-13(18)15(12)19)10-11-6-4-9-14(22-2)16(11)23-3/h4-9H,10H2,1-3H3. The van der Waals surface area contributed by atoms with E-state index in [0.29, 0.717) is 28.6 Å². The number of carbonyl (C=O) groups excluding carboxylic acids is 1. The van der Waals surface area contributed by atoms with Crippen molar-refractivity contribution in [2.45, 2.75) is 6.54 Å². The molecule has 2 aromatic carbocycles. The number of hydrogen-bond donors (Lipinski definition) is 0. The molecule has 0 radical (unpaired) electrons. The van der Waals surface area contributed by atoms with Crippen molar-refractivity contribution in [2.75, 3.05) is 21.3 Å². The first-order chi connectivity index (χ1) is 11.0. The van der Waals surface area contributed by atoms with Gasteiger partial charge in [-0.15, -0.1) is 0 Å². The predicted octanol–water partition coefficient (Wildman–Crippen LogP) is 4.28. The number of methoxy groups -OCH3 is 2. The molecule has 122 valence electrons. The van der Waals surface area contributed by atoms with Crippen molar-refractivity contribution in [1.29, 1.82) is 0 Å². The highest BCUT2D eigenvalue weighted by molar-refractivity contribution is 6.43. The van der Waals surface area contributed by atoms with Crippen LogP contribution in [0.1, 0.15) is 15.9 Å². The summed E-state index contributed by atoms with van der Waals surface area (Å²) in [6, 6.07) is 10.5. The molecule has 0 heterocycles. The van der Waals surface area contributed by atoms with Crippen molar-refractivity contribution in [3.8, 4) is 11.5 Å². The van der Waals surface area contributed by atoms with Crippen molar-refractivity contribution in [3.05, 3.63) is 57.6 Å². The summed E-state index contributed by atoms with van der Waals surface area (Å²) in [5.41, 5.74) is 1.20. The lowest BCUT2D eigenvalue weighted by Crippen LogP contribution is -2.26. The first-order valence-corrected chi connectivity index (χ1v) is 7.64. The highest BCUT2D eigenvalue weighted by Gasteiger charge is 2.19. The van der Waals surface area contributed by atoms with Crippen LogP contribution >= 0.6 is 23.2 Å². The van der Waals surface area contributed by atoms with Gasteiger partial charge < -0.3 is 14.4 Å². The summed E-state index contributed by atoms with van der Waals surface area (Å²) >= 11 is 12.1. The smallest absolute Gasteiger partial charge is 0.255 e. The van der Waals surface area contributed by atoms with Crippen molar-refractivity contribution in [2.24, 2.45) is 0 Å².